The number of allylic oxidation sites excluding steroid dienone is 8. The van der Waals surface area contributed by atoms with Crippen LogP contribution in [0.1, 0.15) is 77.6 Å². The first-order chi connectivity index (χ1) is 15.8. The molecule has 1 heterocycles. The molecular weight excluding hydrogens is 446 g/mol. The van der Waals surface area contributed by atoms with Crippen molar-refractivity contribution in [2.24, 2.45) is 0 Å². The molecule has 0 radical (unpaired) electrons. The van der Waals surface area contributed by atoms with E-state index >= 15 is 0 Å². The van der Waals surface area contributed by atoms with Gasteiger partial charge in [0.25, 0.3) is 21.9 Å². The Morgan fingerprint density at radius 2 is 1.45 bits per heavy atom. The summed E-state index contributed by atoms with van der Waals surface area (Å²) in [6, 6.07) is 0. The highest BCUT2D eigenvalue weighted by atomic mass is 32.2. The summed E-state index contributed by atoms with van der Waals surface area (Å²) in [5, 5.41) is -1.79. The SMILES string of the molecule is CCCCC/C=C/C/C=C/C/C=C/C/C=C/CCCC(=O)ON1C(=O)CC(S(=O)(=O)O)C1=O. The van der Waals surface area contributed by atoms with E-state index in [-0.39, 0.29) is 11.5 Å². The monoisotopic (exact) mass is 481 g/mol. The molecule has 1 aliphatic rings. The van der Waals surface area contributed by atoms with E-state index < -0.39 is 39.6 Å². The average Bonchev–Trinajstić information content (AvgIpc) is 3.04. The van der Waals surface area contributed by atoms with E-state index in [1.165, 1.54) is 19.3 Å². The molecule has 0 saturated carbocycles. The predicted molar refractivity (Wildman–Crippen MR) is 126 cm³/mol. The summed E-state index contributed by atoms with van der Waals surface area (Å²) in [6.45, 7) is 2.20. The molecule has 2 amide bonds. The summed E-state index contributed by atoms with van der Waals surface area (Å²) >= 11 is 0. The fourth-order valence-corrected chi connectivity index (χ4v) is 3.69. The Balaban J connectivity index is 2.11. The topological polar surface area (TPSA) is 118 Å². The van der Waals surface area contributed by atoms with Gasteiger partial charge in [-0.05, 0) is 44.9 Å². The molecule has 1 aliphatic heterocycles. The van der Waals surface area contributed by atoms with Gasteiger partial charge in [0.1, 0.15) is 0 Å². The van der Waals surface area contributed by atoms with Crippen LogP contribution in [0.3, 0.4) is 0 Å². The third-order valence-electron chi connectivity index (χ3n) is 4.82. The minimum absolute atomic E-state index is 0.0361. The van der Waals surface area contributed by atoms with Crippen molar-refractivity contribution in [1.29, 1.82) is 0 Å². The number of nitrogens with zero attached hydrogens (tertiary/aromatic N) is 1. The van der Waals surface area contributed by atoms with E-state index in [4.69, 9.17) is 4.55 Å². The van der Waals surface area contributed by atoms with Crippen LogP contribution in [0, 0.1) is 0 Å². The van der Waals surface area contributed by atoms with Gasteiger partial charge in [0.15, 0.2) is 5.25 Å². The highest BCUT2D eigenvalue weighted by Crippen LogP contribution is 2.20. The van der Waals surface area contributed by atoms with Crippen molar-refractivity contribution in [2.45, 2.75) is 82.8 Å². The highest BCUT2D eigenvalue weighted by Gasteiger charge is 2.48. The van der Waals surface area contributed by atoms with Gasteiger partial charge in [-0.25, -0.2) is 4.79 Å². The van der Waals surface area contributed by atoms with Crippen LogP contribution in [0.4, 0.5) is 0 Å². The Hall–Kier alpha value is -2.52. The van der Waals surface area contributed by atoms with E-state index in [1.54, 1.807) is 0 Å². The Morgan fingerprint density at radius 3 is 1.94 bits per heavy atom. The molecule has 0 aromatic heterocycles. The van der Waals surface area contributed by atoms with Gasteiger partial charge in [0.2, 0.25) is 0 Å². The van der Waals surface area contributed by atoms with Gasteiger partial charge in [-0.2, -0.15) is 8.42 Å². The molecule has 8 nitrogen and oxygen atoms in total. The van der Waals surface area contributed by atoms with Crippen LogP contribution in [-0.4, -0.2) is 41.1 Å². The second-order valence-electron chi connectivity index (χ2n) is 7.68. The van der Waals surface area contributed by atoms with Crippen LogP contribution in [-0.2, 0) is 29.3 Å². The number of unbranched alkanes of at least 4 members (excludes halogenated alkanes) is 4. The number of carbonyl (C=O) groups excluding carboxylic acids is 3. The summed E-state index contributed by atoms with van der Waals surface area (Å²) in [6.07, 6.45) is 24.7. The maximum atomic E-state index is 11.8. The van der Waals surface area contributed by atoms with Crippen molar-refractivity contribution < 1.29 is 32.2 Å². The lowest BCUT2D eigenvalue weighted by Crippen LogP contribution is -2.36. The van der Waals surface area contributed by atoms with Crippen LogP contribution >= 0.6 is 0 Å². The summed E-state index contributed by atoms with van der Waals surface area (Å²) in [5.41, 5.74) is 0. The minimum Gasteiger partial charge on any atom is -0.330 e. The first-order valence-electron chi connectivity index (χ1n) is 11.4. The molecule has 1 fully saturated rings. The third kappa shape index (κ3) is 12.3. The first-order valence-corrected chi connectivity index (χ1v) is 12.9. The molecule has 184 valence electrons. The van der Waals surface area contributed by atoms with Crippen molar-refractivity contribution in [2.75, 3.05) is 0 Å². The average molecular weight is 482 g/mol. The number of carbonyl (C=O) groups is 3. The fraction of sp³-hybridized carbons (Fsp3) is 0.542. The zero-order valence-corrected chi connectivity index (χ0v) is 20.0. The maximum Gasteiger partial charge on any atom is 0.333 e. The van der Waals surface area contributed by atoms with E-state index in [9.17, 15) is 22.8 Å². The van der Waals surface area contributed by atoms with Crippen molar-refractivity contribution in [3.63, 3.8) is 0 Å². The lowest BCUT2D eigenvalue weighted by Gasteiger charge is -2.12. The van der Waals surface area contributed by atoms with E-state index in [0.717, 1.165) is 25.7 Å². The smallest absolute Gasteiger partial charge is 0.330 e. The summed E-state index contributed by atoms with van der Waals surface area (Å²) in [7, 11) is -4.72. The number of amides is 2. The molecule has 0 spiro atoms. The predicted octanol–water partition coefficient (Wildman–Crippen LogP) is 4.61. The lowest BCUT2D eigenvalue weighted by atomic mass is 10.2. The van der Waals surface area contributed by atoms with Crippen LogP contribution in [0.15, 0.2) is 48.6 Å². The molecule has 1 atom stereocenters. The summed E-state index contributed by atoms with van der Waals surface area (Å²) in [5.74, 6) is -3.05. The molecule has 0 aromatic carbocycles. The first kappa shape index (κ1) is 28.5. The quantitative estimate of drug-likeness (QED) is 0.148. The summed E-state index contributed by atoms with van der Waals surface area (Å²) in [4.78, 5) is 39.9. The Kier molecular flexibility index (Phi) is 14.0. The van der Waals surface area contributed by atoms with Gasteiger partial charge < -0.3 is 4.84 Å². The third-order valence-corrected chi connectivity index (χ3v) is 5.91. The van der Waals surface area contributed by atoms with Gasteiger partial charge in [-0.1, -0.05) is 68.4 Å². The van der Waals surface area contributed by atoms with Crippen molar-refractivity contribution in [3.05, 3.63) is 48.6 Å². The normalized spacial score (nSPS) is 17.5. The zero-order chi connectivity index (χ0) is 24.5. The molecule has 1 unspecified atom stereocenters. The molecule has 0 aliphatic carbocycles. The number of rotatable bonds is 16. The summed E-state index contributed by atoms with van der Waals surface area (Å²) < 4.78 is 31.1. The highest BCUT2D eigenvalue weighted by molar-refractivity contribution is 7.87. The van der Waals surface area contributed by atoms with Crippen molar-refractivity contribution in [3.8, 4) is 0 Å². The lowest BCUT2D eigenvalue weighted by molar-refractivity contribution is -0.197. The number of hydroxylamine groups is 2. The van der Waals surface area contributed by atoms with E-state index in [1.807, 2.05) is 12.2 Å². The van der Waals surface area contributed by atoms with Crippen LogP contribution in [0.25, 0.3) is 0 Å². The standard InChI is InChI=1S/C24H35NO7S/c1-2-3-4-5-6-7-8-9-10-11-12-13-14-15-16-17-18-19-23(27)32-25-22(26)20-21(24(25)28)33(29,30)31/h6-7,9-10,12-13,15-16,21H,2-5,8,11,14,17-20H2,1H3,(H,29,30,31)/b7-6+,10-9+,13-12+,16-15+. The number of hydrogen-bond acceptors (Lipinski definition) is 6. The largest absolute Gasteiger partial charge is 0.333 e. The molecule has 1 rings (SSSR count). The van der Waals surface area contributed by atoms with Gasteiger partial charge >= 0.3 is 5.97 Å². The van der Waals surface area contributed by atoms with Crippen LogP contribution in [0.5, 0.6) is 0 Å². The Morgan fingerprint density at radius 1 is 0.939 bits per heavy atom. The zero-order valence-electron chi connectivity index (χ0n) is 19.2. The van der Waals surface area contributed by atoms with Crippen LogP contribution < -0.4 is 0 Å². The molecule has 1 saturated heterocycles. The van der Waals surface area contributed by atoms with Crippen molar-refractivity contribution in [1.82, 2.24) is 5.06 Å². The minimum atomic E-state index is -4.72. The fourth-order valence-electron chi connectivity index (χ4n) is 2.98. The molecule has 1 N–H and O–H groups in total. The molecule has 9 heteroatoms. The molecule has 33 heavy (non-hydrogen) atoms. The maximum absolute atomic E-state index is 11.8. The molecule has 0 aromatic rings. The molecule has 0 bridgehead atoms. The second-order valence-corrected chi connectivity index (χ2v) is 9.28. The van der Waals surface area contributed by atoms with Crippen molar-refractivity contribution >= 4 is 27.9 Å². The van der Waals surface area contributed by atoms with E-state index in [2.05, 4.69) is 48.2 Å². The van der Waals surface area contributed by atoms with Crippen LogP contribution in [0.2, 0.25) is 0 Å². The van der Waals surface area contributed by atoms with Gasteiger partial charge in [-0.15, -0.1) is 5.06 Å². The Labute approximate surface area is 196 Å². The van der Waals surface area contributed by atoms with Gasteiger partial charge in [0.05, 0.1) is 6.42 Å². The van der Waals surface area contributed by atoms with Gasteiger partial charge in [0, 0.05) is 6.42 Å². The number of hydrogen-bond donors (Lipinski definition) is 1. The second kappa shape index (κ2) is 16.1. The number of imide groups is 1. The molecular formula is C24H35NO7S. The Bertz CT molecular complexity index is 856. The van der Waals surface area contributed by atoms with E-state index in [0.29, 0.717) is 12.8 Å². The van der Waals surface area contributed by atoms with Gasteiger partial charge in [-0.3, -0.25) is 14.1 Å².